The molecule has 0 fully saturated rings. The van der Waals surface area contributed by atoms with E-state index in [0.717, 1.165) is 6.07 Å². The van der Waals surface area contributed by atoms with Crippen LogP contribution in [0.1, 0.15) is 5.56 Å². The van der Waals surface area contributed by atoms with E-state index in [1.54, 1.807) is 17.5 Å². The Kier molecular flexibility index (Phi) is 5.65. The number of rotatable bonds is 5. The summed E-state index contributed by atoms with van der Waals surface area (Å²) in [6, 6.07) is 11.5. The van der Waals surface area contributed by atoms with Gasteiger partial charge in [-0.2, -0.15) is 5.10 Å². The Morgan fingerprint density at radius 3 is 2.71 bits per heavy atom. The van der Waals surface area contributed by atoms with Crippen LogP contribution in [0.15, 0.2) is 74.7 Å². The molecule has 156 valence electrons. The first-order valence-electron chi connectivity index (χ1n) is 8.68. The van der Waals surface area contributed by atoms with E-state index in [4.69, 9.17) is 16.0 Å². The third-order valence-corrected chi connectivity index (χ3v) is 5.14. The maximum Gasteiger partial charge on any atom is 0.312 e. The molecule has 0 aliphatic heterocycles. The summed E-state index contributed by atoms with van der Waals surface area (Å²) >= 11 is 7.20. The monoisotopic (exact) mass is 458 g/mol. The lowest BCUT2D eigenvalue weighted by molar-refractivity contribution is -0.385. The summed E-state index contributed by atoms with van der Waals surface area (Å²) in [6.45, 7) is 0. The van der Waals surface area contributed by atoms with Gasteiger partial charge in [0.15, 0.2) is 5.76 Å². The van der Waals surface area contributed by atoms with Gasteiger partial charge in [0.25, 0.3) is 0 Å². The Morgan fingerprint density at radius 2 is 2.03 bits per heavy atom. The molecule has 2 aromatic carbocycles. The number of furan rings is 1. The number of nitro benzene ring substituents is 1. The Hall–Kier alpha value is -3.76. The fourth-order valence-corrected chi connectivity index (χ4v) is 3.73. The summed E-state index contributed by atoms with van der Waals surface area (Å²) < 4.78 is 20.1. The zero-order chi connectivity index (χ0) is 22.0. The molecular weight excluding hydrogens is 447 g/mol. The van der Waals surface area contributed by atoms with Gasteiger partial charge >= 0.3 is 5.69 Å². The minimum atomic E-state index is -0.736. The Labute approximate surface area is 183 Å². The molecule has 31 heavy (non-hydrogen) atoms. The molecule has 0 atom stereocenters. The van der Waals surface area contributed by atoms with Gasteiger partial charge in [0.2, 0.25) is 10.6 Å². The molecule has 8 nitrogen and oxygen atoms in total. The van der Waals surface area contributed by atoms with Crippen molar-refractivity contribution in [3.63, 3.8) is 0 Å². The molecule has 0 amide bonds. The van der Waals surface area contributed by atoms with E-state index >= 15 is 0 Å². The van der Waals surface area contributed by atoms with Crippen LogP contribution in [-0.4, -0.2) is 20.9 Å². The first kappa shape index (κ1) is 20.5. The van der Waals surface area contributed by atoms with Gasteiger partial charge in [0.1, 0.15) is 11.5 Å². The van der Waals surface area contributed by atoms with Crippen molar-refractivity contribution in [2.24, 2.45) is 10.1 Å². The number of halogens is 2. The molecule has 2 aromatic heterocycles. The minimum absolute atomic E-state index is 0.0519. The number of hydrogen-bond donors (Lipinski definition) is 1. The van der Waals surface area contributed by atoms with Crippen molar-refractivity contribution >= 4 is 40.5 Å². The highest BCUT2D eigenvalue weighted by Crippen LogP contribution is 2.32. The van der Waals surface area contributed by atoms with Gasteiger partial charge in [0.05, 0.1) is 23.1 Å². The molecule has 0 saturated heterocycles. The Balaban J connectivity index is 1.85. The predicted molar refractivity (Wildman–Crippen MR) is 114 cm³/mol. The van der Waals surface area contributed by atoms with Crippen molar-refractivity contribution in [2.45, 2.75) is 0 Å². The van der Waals surface area contributed by atoms with Crippen molar-refractivity contribution < 1.29 is 18.8 Å². The van der Waals surface area contributed by atoms with Crippen LogP contribution in [0.3, 0.4) is 0 Å². The summed E-state index contributed by atoms with van der Waals surface area (Å²) in [5, 5.41) is 27.5. The number of aromatic hydroxyl groups is 1. The van der Waals surface area contributed by atoms with Gasteiger partial charge in [-0.1, -0.05) is 11.6 Å². The van der Waals surface area contributed by atoms with Crippen LogP contribution >= 0.6 is 22.9 Å². The fourth-order valence-electron chi connectivity index (χ4n) is 2.67. The lowest BCUT2D eigenvalue weighted by Crippen LogP contribution is -2.11. The molecule has 0 unspecified atom stereocenters. The maximum atomic E-state index is 13.2. The van der Waals surface area contributed by atoms with Gasteiger partial charge < -0.3 is 9.52 Å². The van der Waals surface area contributed by atoms with Crippen molar-refractivity contribution in [1.29, 1.82) is 0 Å². The molecule has 11 heteroatoms. The average Bonchev–Trinajstić information content (AvgIpc) is 3.40. The molecule has 0 aliphatic carbocycles. The van der Waals surface area contributed by atoms with Gasteiger partial charge in [0, 0.05) is 22.0 Å². The Morgan fingerprint density at radius 1 is 1.26 bits per heavy atom. The number of hydrogen-bond acceptors (Lipinski definition) is 7. The predicted octanol–water partition coefficient (Wildman–Crippen LogP) is 5.33. The zero-order valence-electron chi connectivity index (χ0n) is 15.5. The number of phenols is 1. The molecule has 4 aromatic rings. The van der Waals surface area contributed by atoms with Crippen LogP contribution in [0.5, 0.6) is 5.75 Å². The van der Waals surface area contributed by atoms with Crippen molar-refractivity contribution in [3.8, 4) is 17.2 Å². The highest BCUT2D eigenvalue weighted by molar-refractivity contribution is 7.07. The molecule has 4 rings (SSSR count). The summed E-state index contributed by atoms with van der Waals surface area (Å²) in [7, 11) is 0. The number of phenolic OH excluding ortho intramolecular Hbond substituents is 1. The lowest BCUT2D eigenvalue weighted by Gasteiger charge is -2.03. The number of nitrogens with zero attached hydrogens (tertiary/aromatic N) is 4. The largest absolute Gasteiger partial charge is 0.502 e. The fraction of sp³-hybridized carbons (Fsp3) is 0. The van der Waals surface area contributed by atoms with E-state index in [0.29, 0.717) is 21.9 Å². The van der Waals surface area contributed by atoms with Gasteiger partial charge in [-0.25, -0.2) is 14.1 Å². The molecule has 0 bridgehead atoms. The summed E-state index contributed by atoms with van der Waals surface area (Å²) in [6.07, 6.45) is 2.74. The van der Waals surface area contributed by atoms with E-state index in [9.17, 15) is 19.6 Å². The second-order valence-electron chi connectivity index (χ2n) is 6.15. The highest BCUT2D eigenvalue weighted by Gasteiger charge is 2.18. The first-order valence-corrected chi connectivity index (χ1v) is 9.94. The van der Waals surface area contributed by atoms with Crippen LogP contribution in [-0.2, 0) is 0 Å². The first-order chi connectivity index (χ1) is 14.9. The van der Waals surface area contributed by atoms with E-state index < -0.39 is 16.4 Å². The van der Waals surface area contributed by atoms with Crippen LogP contribution in [0, 0.1) is 15.9 Å². The van der Waals surface area contributed by atoms with Gasteiger partial charge in [-0.05, 0) is 42.5 Å². The summed E-state index contributed by atoms with van der Waals surface area (Å²) in [5.74, 6) is -0.439. The van der Waals surface area contributed by atoms with E-state index in [2.05, 4.69) is 10.1 Å². The lowest BCUT2D eigenvalue weighted by atomic mass is 10.2. The van der Waals surface area contributed by atoms with Gasteiger partial charge in [-0.3, -0.25) is 10.1 Å². The third-order valence-electron chi connectivity index (χ3n) is 4.10. The Bertz CT molecular complexity index is 1340. The van der Waals surface area contributed by atoms with Crippen LogP contribution < -0.4 is 4.80 Å². The standard InChI is InChI=1S/C20H12ClFN4O4S/c21-13-8-12(19(27)16(9-13)26(28)29)10-23-25-17(18-2-1-7-30-18)11-31-20(25)24-15-5-3-14(22)4-6-15/h1-11,27H. The quantitative estimate of drug-likeness (QED) is 0.248. The van der Waals surface area contributed by atoms with Crippen molar-refractivity contribution in [3.05, 3.63) is 91.5 Å². The molecule has 2 heterocycles. The maximum absolute atomic E-state index is 13.2. The van der Waals surface area contributed by atoms with Crippen LogP contribution in [0.2, 0.25) is 5.02 Å². The van der Waals surface area contributed by atoms with Crippen LogP contribution in [0.4, 0.5) is 15.8 Å². The average molecular weight is 459 g/mol. The van der Waals surface area contributed by atoms with Crippen molar-refractivity contribution in [1.82, 2.24) is 4.68 Å². The zero-order valence-corrected chi connectivity index (χ0v) is 17.0. The number of aromatic nitrogens is 1. The third kappa shape index (κ3) is 4.39. The normalized spacial score (nSPS) is 12.0. The molecule has 0 saturated carbocycles. The second kappa shape index (κ2) is 8.54. The van der Waals surface area contributed by atoms with E-state index in [1.807, 2.05) is 0 Å². The smallest absolute Gasteiger partial charge is 0.312 e. The second-order valence-corrected chi connectivity index (χ2v) is 7.42. The van der Waals surface area contributed by atoms with Crippen molar-refractivity contribution in [2.75, 3.05) is 0 Å². The molecular formula is C20H12ClFN4O4S. The van der Waals surface area contributed by atoms with E-state index in [-0.39, 0.29) is 16.4 Å². The number of thiazole rings is 1. The minimum Gasteiger partial charge on any atom is -0.502 e. The van der Waals surface area contributed by atoms with Gasteiger partial charge in [-0.15, -0.1) is 11.3 Å². The summed E-state index contributed by atoms with van der Waals surface area (Å²) in [5.41, 5.74) is 0.574. The highest BCUT2D eigenvalue weighted by atomic mass is 35.5. The summed E-state index contributed by atoms with van der Waals surface area (Å²) in [4.78, 5) is 15.3. The number of nitro groups is 1. The molecule has 0 aliphatic rings. The topological polar surface area (TPSA) is 106 Å². The molecule has 0 radical (unpaired) electrons. The van der Waals surface area contributed by atoms with Crippen LogP contribution in [0.25, 0.3) is 11.5 Å². The SMILES string of the molecule is O=[N+]([O-])c1cc(Cl)cc(C=Nn2c(-c3ccco3)csc2=Nc2ccc(F)cc2)c1O. The number of benzene rings is 2. The molecule has 0 spiro atoms. The molecule has 1 N–H and O–H groups in total. The van der Waals surface area contributed by atoms with E-state index in [1.165, 1.54) is 58.8 Å².